The summed E-state index contributed by atoms with van der Waals surface area (Å²) in [6.45, 7) is 7.73. The van der Waals surface area contributed by atoms with Crippen LogP contribution in [-0.2, 0) is 14.3 Å². The van der Waals surface area contributed by atoms with Crippen molar-refractivity contribution in [1.82, 2.24) is 0 Å². The molecule has 1 unspecified atom stereocenters. The molecule has 0 saturated heterocycles. The van der Waals surface area contributed by atoms with E-state index in [0.717, 1.165) is 11.1 Å². The molecule has 0 saturated carbocycles. The summed E-state index contributed by atoms with van der Waals surface area (Å²) in [5.74, 6) is -2.47. The monoisotopic (exact) mass is 338 g/mol. The molecule has 24 heavy (non-hydrogen) atoms. The van der Waals surface area contributed by atoms with E-state index < -0.39 is 30.6 Å². The first-order chi connectivity index (χ1) is 11.1. The molecule has 0 radical (unpaired) electrons. The number of carbonyl (C=O) groups excluding carboxylic acids is 1. The molecule has 0 aliphatic rings. The largest absolute Gasteiger partial charge is 0.514 e. The zero-order chi connectivity index (χ0) is 18.4. The summed E-state index contributed by atoms with van der Waals surface area (Å²) in [6.07, 6.45) is -3.88. The molecule has 0 aliphatic carbocycles. The average molecular weight is 338 g/mol. The third-order valence-corrected chi connectivity index (χ3v) is 3.38. The van der Waals surface area contributed by atoms with Crippen LogP contribution in [0.4, 0.5) is 4.79 Å². The van der Waals surface area contributed by atoms with Crippen molar-refractivity contribution >= 4 is 18.1 Å². The molecule has 0 spiro atoms. The number of benzene rings is 1. The predicted molar refractivity (Wildman–Crippen MR) is 85.4 cm³/mol. The maximum atomic E-state index is 12.0. The lowest BCUT2D eigenvalue weighted by Gasteiger charge is -2.19. The Kier molecular flexibility index (Phi) is 6.76. The first kappa shape index (κ1) is 19.5. The number of ether oxygens (including phenoxy) is 2. The Morgan fingerprint density at radius 3 is 1.88 bits per heavy atom. The van der Waals surface area contributed by atoms with Crippen molar-refractivity contribution < 1.29 is 34.1 Å². The summed E-state index contributed by atoms with van der Waals surface area (Å²) >= 11 is 0. The minimum atomic E-state index is -1.80. The summed E-state index contributed by atoms with van der Waals surface area (Å²) < 4.78 is 9.90. The second-order valence-corrected chi connectivity index (χ2v) is 5.97. The van der Waals surface area contributed by atoms with Crippen LogP contribution in [-0.4, -0.2) is 34.4 Å². The van der Waals surface area contributed by atoms with Crippen LogP contribution >= 0.6 is 0 Å². The van der Waals surface area contributed by atoms with Gasteiger partial charge in [-0.05, 0) is 23.0 Å². The predicted octanol–water partition coefficient (Wildman–Crippen LogP) is 3.38. The van der Waals surface area contributed by atoms with Crippen molar-refractivity contribution in [3.05, 3.63) is 29.3 Å². The first-order valence-electron chi connectivity index (χ1n) is 7.59. The van der Waals surface area contributed by atoms with Gasteiger partial charge < -0.3 is 19.7 Å². The Balaban J connectivity index is 3.04. The third-order valence-electron chi connectivity index (χ3n) is 3.38. The van der Waals surface area contributed by atoms with Gasteiger partial charge in [0.25, 0.3) is 0 Å². The van der Waals surface area contributed by atoms with Gasteiger partial charge in [-0.25, -0.2) is 9.59 Å². The lowest BCUT2D eigenvalue weighted by atomic mass is 9.94. The zero-order valence-electron chi connectivity index (χ0n) is 14.1. The molecule has 7 heteroatoms. The quantitative estimate of drug-likeness (QED) is 0.579. The molecule has 0 aliphatic heterocycles. The van der Waals surface area contributed by atoms with Crippen molar-refractivity contribution in [1.29, 1.82) is 0 Å². The number of aliphatic carboxylic acids is 2. The van der Waals surface area contributed by atoms with Gasteiger partial charge in [-0.3, -0.25) is 4.79 Å². The molecule has 0 fully saturated rings. The average Bonchev–Trinajstić information content (AvgIpc) is 2.45. The molecule has 7 nitrogen and oxygen atoms in total. The van der Waals surface area contributed by atoms with E-state index in [1.165, 1.54) is 0 Å². The van der Waals surface area contributed by atoms with Crippen LogP contribution in [0.25, 0.3) is 0 Å². The van der Waals surface area contributed by atoms with E-state index in [4.69, 9.17) is 14.9 Å². The summed E-state index contributed by atoms with van der Waals surface area (Å²) in [5, 5.41) is 17.6. The minimum absolute atomic E-state index is 0.0702. The Hall–Kier alpha value is -2.57. The van der Waals surface area contributed by atoms with Gasteiger partial charge in [0.05, 0.1) is 6.42 Å². The number of carboxylic acids is 2. The zero-order valence-corrected chi connectivity index (χ0v) is 14.1. The number of carboxylic acid groups (broad SMARTS) is 2. The summed E-state index contributed by atoms with van der Waals surface area (Å²) in [4.78, 5) is 33.6. The molecule has 1 atom stereocenters. The van der Waals surface area contributed by atoms with Crippen molar-refractivity contribution in [3.8, 4) is 5.75 Å². The highest BCUT2D eigenvalue weighted by Crippen LogP contribution is 2.34. The summed E-state index contributed by atoms with van der Waals surface area (Å²) in [5.41, 5.74) is 1.56. The number of hydrogen-bond donors (Lipinski definition) is 2. The van der Waals surface area contributed by atoms with E-state index in [0.29, 0.717) is 5.75 Å². The van der Waals surface area contributed by atoms with Gasteiger partial charge in [0, 0.05) is 0 Å². The molecule has 1 rings (SSSR count). The Morgan fingerprint density at radius 1 is 1.00 bits per heavy atom. The number of hydrogen-bond acceptors (Lipinski definition) is 5. The topological polar surface area (TPSA) is 110 Å². The molecular weight excluding hydrogens is 316 g/mol. The molecular formula is C17H22O7. The number of para-hydroxylation sites is 1. The lowest BCUT2D eigenvalue weighted by molar-refractivity contribution is -0.153. The van der Waals surface area contributed by atoms with Gasteiger partial charge in [0.1, 0.15) is 5.75 Å². The van der Waals surface area contributed by atoms with Gasteiger partial charge in [-0.15, -0.1) is 0 Å². The smallest absolute Gasteiger partial charge is 0.481 e. The molecule has 0 bridgehead atoms. The fourth-order valence-electron chi connectivity index (χ4n) is 2.16. The Labute approximate surface area is 140 Å². The van der Waals surface area contributed by atoms with E-state index in [1.807, 2.05) is 45.9 Å². The Morgan fingerprint density at radius 2 is 1.50 bits per heavy atom. The van der Waals surface area contributed by atoms with Gasteiger partial charge in [-0.2, -0.15) is 0 Å². The van der Waals surface area contributed by atoms with Crippen LogP contribution in [0, 0.1) is 0 Å². The highest BCUT2D eigenvalue weighted by molar-refractivity contribution is 5.82. The first-order valence-corrected chi connectivity index (χ1v) is 7.59. The van der Waals surface area contributed by atoms with Crippen molar-refractivity contribution in [3.63, 3.8) is 0 Å². The van der Waals surface area contributed by atoms with Crippen LogP contribution in [0.3, 0.4) is 0 Å². The van der Waals surface area contributed by atoms with Gasteiger partial charge in [0.15, 0.2) is 0 Å². The third kappa shape index (κ3) is 5.26. The van der Waals surface area contributed by atoms with Crippen LogP contribution in [0.15, 0.2) is 18.2 Å². The SMILES string of the molecule is CC(C)c1cccc(C(C)C)c1OC(=O)OC(CC(=O)O)C(=O)O. The second-order valence-electron chi connectivity index (χ2n) is 5.97. The van der Waals surface area contributed by atoms with E-state index in [1.54, 1.807) is 0 Å². The van der Waals surface area contributed by atoms with Crippen molar-refractivity contribution in [2.45, 2.75) is 52.1 Å². The molecule has 0 aromatic heterocycles. The standard InChI is InChI=1S/C17H22O7/c1-9(2)11-6-5-7-12(10(3)4)15(11)24-17(22)23-13(16(20)21)8-14(18)19/h5-7,9-10,13H,8H2,1-4H3,(H,18,19)(H,20,21). The fraction of sp³-hybridized carbons (Fsp3) is 0.471. The molecule has 0 amide bonds. The molecule has 0 heterocycles. The number of carbonyl (C=O) groups is 3. The van der Waals surface area contributed by atoms with E-state index in [9.17, 15) is 14.4 Å². The highest BCUT2D eigenvalue weighted by Gasteiger charge is 2.27. The van der Waals surface area contributed by atoms with Gasteiger partial charge in [0.2, 0.25) is 6.10 Å². The lowest BCUT2D eigenvalue weighted by Crippen LogP contribution is -2.31. The summed E-state index contributed by atoms with van der Waals surface area (Å²) in [6, 6.07) is 5.48. The molecule has 1 aromatic rings. The molecule has 1 aromatic carbocycles. The second kappa shape index (κ2) is 8.33. The van der Waals surface area contributed by atoms with Crippen LogP contribution in [0.5, 0.6) is 5.75 Å². The van der Waals surface area contributed by atoms with Crippen LogP contribution in [0.2, 0.25) is 0 Å². The minimum Gasteiger partial charge on any atom is -0.481 e. The molecule has 2 N–H and O–H groups in total. The maximum absolute atomic E-state index is 12.0. The fourth-order valence-corrected chi connectivity index (χ4v) is 2.16. The van der Waals surface area contributed by atoms with Crippen molar-refractivity contribution in [2.24, 2.45) is 0 Å². The van der Waals surface area contributed by atoms with Crippen molar-refractivity contribution in [2.75, 3.05) is 0 Å². The van der Waals surface area contributed by atoms with Crippen LogP contribution < -0.4 is 4.74 Å². The van der Waals surface area contributed by atoms with E-state index >= 15 is 0 Å². The number of rotatable bonds is 7. The van der Waals surface area contributed by atoms with Gasteiger partial charge in [-0.1, -0.05) is 45.9 Å². The van der Waals surface area contributed by atoms with Crippen LogP contribution in [0.1, 0.15) is 57.1 Å². The molecule has 132 valence electrons. The normalized spacial score (nSPS) is 12.1. The summed E-state index contributed by atoms with van der Waals surface area (Å²) in [7, 11) is 0. The Bertz CT molecular complexity index is 593. The van der Waals surface area contributed by atoms with Gasteiger partial charge >= 0.3 is 18.1 Å². The maximum Gasteiger partial charge on any atom is 0.514 e. The van der Waals surface area contributed by atoms with E-state index in [-0.39, 0.29) is 11.8 Å². The van der Waals surface area contributed by atoms with E-state index in [2.05, 4.69) is 4.74 Å². The highest BCUT2D eigenvalue weighted by atomic mass is 16.7.